The SMILES string of the molecule is CCCCCCCCc1ccccc1Oc1cc(S(=O)(=O)O)ccc1[O-].[Na+]. The Morgan fingerprint density at radius 2 is 1.63 bits per heavy atom. The molecule has 0 bridgehead atoms. The van der Waals surface area contributed by atoms with Crippen molar-refractivity contribution in [2.75, 3.05) is 0 Å². The molecule has 0 saturated carbocycles. The van der Waals surface area contributed by atoms with Crippen molar-refractivity contribution in [2.24, 2.45) is 0 Å². The predicted molar refractivity (Wildman–Crippen MR) is 99.3 cm³/mol. The number of hydrogen-bond acceptors (Lipinski definition) is 4. The van der Waals surface area contributed by atoms with Crippen LogP contribution in [0.5, 0.6) is 17.2 Å². The summed E-state index contributed by atoms with van der Waals surface area (Å²) in [5, 5.41) is 12.0. The Balaban J connectivity index is 0.00000364. The van der Waals surface area contributed by atoms with E-state index in [1.165, 1.54) is 25.7 Å². The third-order valence-electron chi connectivity index (χ3n) is 4.21. The van der Waals surface area contributed by atoms with E-state index in [2.05, 4.69) is 6.92 Å². The van der Waals surface area contributed by atoms with Crippen molar-refractivity contribution in [3.05, 3.63) is 48.0 Å². The molecule has 142 valence electrons. The van der Waals surface area contributed by atoms with E-state index in [9.17, 15) is 13.5 Å². The van der Waals surface area contributed by atoms with Crippen molar-refractivity contribution in [3.8, 4) is 17.2 Å². The maximum Gasteiger partial charge on any atom is 1.00 e. The number of hydrogen-bond donors (Lipinski definition) is 1. The molecule has 0 atom stereocenters. The van der Waals surface area contributed by atoms with E-state index < -0.39 is 15.9 Å². The molecule has 0 heterocycles. The largest absolute Gasteiger partial charge is 1.00 e. The zero-order valence-corrected chi connectivity index (χ0v) is 18.8. The summed E-state index contributed by atoms with van der Waals surface area (Å²) in [7, 11) is -4.39. The molecule has 2 rings (SSSR count). The molecule has 2 aromatic rings. The van der Waals surface area contributed by atoms with Crippen LogP contribution < -0.4 is 39.4 Å². The molecule has 0 aliphatic rings. The molecule has 0 radical (unpaired) electrons. The molecule has 0 unspecified atom stereocenters. The second-order valence-corrected chi connectivity index (χ2v) is 7.73. The first-order chi connectivity index (χ1) is 12.4. The van der Waals surface area contributed by atoms with Gasteiger partial charge in [-0.15, -0.1) is 0 Å². The Morgan fingerprint density at radius 3 is 2.33 bits per heavy atom. The van der Waals surface area contributed by atoms with Gasteiger partial charge in [0.2, 0.25) is 0 Å². The normalized spacial score (nSPS) is 11.0. The molecule has 1 N–H and O–H groups in total. The molecule has 0 amide bonds. The van der Waals surface area contributed by atoms with Crippen LogP contribution in [0.4, 0.5) is 0 Å². The van der Waals surface area contributed by atoms with Crippen LogP contribution >= 0.6 is 0 Å². The van der Waals surface area contributed by atoms with Gasteiger partial charge in [-0.1, -0.05) is 69.0 Å². The summed E-state index contributed by atoms with van der Waals surface area (Å²) in [6, 6.07) is 10.6. The topological polar surface area (TPSA) is 86.7 Å². The Labute approximate surface area is 183 Å². The quantitative estimate of drug-likeness (QED) is 0.373. The molecule has 0 aliphatic carbocycles. The molecule has 0 fully saturated rings. The van der Waals surface area contributed by atoms with E-state index in [-0.39, 0.29) is 40.2 Å². The zero-order valence-electron chi connectivity index (χ0n) is 16.0. The fourth-order valence-corrected chi connectivity index (χ4v) is 3.25. The zero-order chi connectivity index (χ0) is 19.0. The van der Waals surface area contributed by atoms with Gasteiger partial charge in [-0.05, 0) is 30.5 Å². The first-order valence-electron chi connectivity index (χ1n) is 8.96. The second-order valence-electron chi connectivity index (χ2n) is 6.31. The van der Waals surface area contributed by atoms with Gasteiger partial charge in [-0.3, -0.25) is 4.55 Å². The predicted octanol–water partition coefficient (Wildman–Crippen LogP) is 1.71. The summed E-state index contributed by atoms with van der Waals surface area (Å²) in [6.07, 6.45) is 7.93. The Hall–Kier alpha value is -1.05. The van der Waals surface area contributed by atoms with Crippen molar-refractivity contribution >= 4 is 10.1 Å². The number of ether oxygens (including phenoxy) is 1. The van der Waals surface area contributed by atoms with Crippen LogP contribution in [0.1, 0.15) is 51.0 Å². The van der Waals surface area contributed by atoms with E-state index >= 15 is 0 Å². The third kappa shape index (κ3) is 7.84. The van der Waals surface area contributed by atoms with Gasteiger partial charge in [0, 0.05) is 6.07 Å². The molecule has 27 heavy (non-hydrogen) atoms. The van der Waals surface area contributed by atoms with Crippen molar-refractivity contribution < 1.29 is 52.4 Å². The van der Waals surface area contributed by atoms with Crippen LogP contribution in [0.15, 0.2) is 47.4 Å². The van der Waals surface area contributed by atoms with E-state index in [1.807, 2.05) is 12.1 Å². The van der Waals surface area contributed by atoms with Crippen molar-refractivity contribution in [2.45, 2.75) is 56.8 Å². The first-order valence-corrected chi connectivity index (χ1v) is 10.4. The van der Waals surface area contributed by atoms with Gasteiger partial charge in [0.05, 0.1) is 4.90 Å². The van der Waals surface area contributed by atoms with Crippen molar-refractivity contribution in [1.29, 1.82) is 0 Å². The van der Waals surface area contributed by atoms with E-state index in [0.717, 1.165) is 43.0 Å². The first kappa shape index (κ1) is 24.0. The Morgan fingerprint density at radius 1 is 0.963 bits per heavy atom. The summed E-state index contributed by atoms with van der Waals surface area (Å²) in [4.78, 5) is -0.361. The summed E-state index contributed by atoms with van der Waals surface area (Å²) >= 11 is 0. The molecular formula is C20H25NaO5S. The Kier molecular flexibility index (Phi) is 10.4. The van der Waals surface area contributed by atoms with Gasteiger partial charge in [0.25, 0.3) is 10.1 Å². The number of para-hydroxylation sites is 1. The number of aryl methyl sites for hydroxylation is 1. The molecular weight excluding hydrogens is 375 g/mol. The van der Waals surface area contributed by atoms with Crippen LogP contribution in [-0.2, 0) is 16.5 Å². The molecule has 0 aliphatic heterocycles. The standard InChI is InChI=1S/C20H26O5S.Na/c1-2-3-4-5-6-7-10-16-11-8-9-12-19(16)25-20-15-17(26(22,23)24)13-14-18(20)21;/h8-9,11-15,21H,2-7,10H2,1H3,(H,22,23,24);/q;+1/p-1. The number of benzene rings is 2. The minimum atomic E-state index is -4.39. The molecule has 2 aromatic carbocycles. The molecule has 7 heteroatoms. The van der Waals surface area contributed by atoms with Crippen LogP contribution in [0, 0.1) is 0 Å². The maximum atomic E-state index is 12.0. The monoisotopic (exact) mass is 400 g/mol. The summed E-state index contributed by atoms with van der Waals surface area (Å²) in [6.45, 7) is 2.19. The van der Waals surface area contributed by atoms with E-state index in [4.69, 9.17) is 9.29 Å². The van der Waals surface area contributed by atoms with Crippen LogP contribution in [0.2, 0.25) is 0 Å². The third-order valence-corrected chi connectivity index (χ3v) is 5.05. The smallest absolute Gasteiger partial charge is 0.870 e. The fourth-order valence-electron chi connectivity index (χ4n) is 2.75. The number of unbranched alkanes of at least 4 members (excludes halogenated alkanes) is 5. The second kappa shape index (κ2) is 11.7. The summed E-state index contributed by atoms with van der Waals surface area (Å²) in [5.41, 5.74) is 0.972. The minimum Gasteiger partial charge on any atom is -0.870 e. The summed E-state index contributed by atoms with van der Waals surface area (Å²) < 4.78 is 37.4. The fraction of sp³-hybridized carbons (Fsp3) is 0.400. The molecule has 0 aromatic heterocycles. The van der Waals surface area contributed by atoms with Gasteiger partial charge in [-0.25, -0.2) is 0 Å². The Bertz CT molecular complexity index is 821. The van der Waals surface area contributed by atoms with Gasteiger partial charge < -0.3 is 9.84 Å². The van der Waals surface area contributed by atoms with E-state index in [0.29, 0.717) is 5.75 Å². The minimum absolute atomic E-state index is 0. The van der Waals surface area contributed by atoms with Crippen LogP contribution in [0.3, 0.4) is 0 Å². The van der Waals surface area contributed by atoms with Crippen LogP contribution in [0.25, 0.3) is 0 Å². The van der Waals surface area contributed by atoms with Crippen molar-refractivity contribution in [3.63, 3.8) is 0 Å². The van der Waals surface area contributed by atoms with E-state index in [1.54, 1.807) is 12.1 Å². The van der Waals surface area contributed by atoms with Gasteiger partial charge >= 0.3 is 29.6 Å². The van der Waals surface area contributed by atoms with Gasteiger partial charge in [-0.2, -0.15) is 8.42 Å². The average Bonchev–Trinajstić information content (AvgIpc) is 2.60. The van der Waals surface area contributed by atoms with Gasteiger partial charge in [0.15, 0.2) is 0 Å². The maximum absolute atomic E-state index is 12.0. The molecule has 0 spiro atoms. The van der Waals surface area contributed by atoms with Crippen LogP contribution in [-0.4, -0.2) is 13.0 Å². The number of rotatable bonds is 10. The van der Waals surface area contributed by atoms with Crippen molar-refractivity contribution in [1.82, 2.24) is 0 Å². The van der Waals surface area contributed by atoms with Gasteiger partial charge in [0.1, 0.15) is 11.5 Å². The average molecular weight is 400 g/mol. The molecule has 5 nitrogen and oxygen atoms in total. The molecule has 0 saturated heterocycles. The summed E-state index contributed by atoms with van der Waals surface area (Å²) in [5.74, 6) is -0.0204.